The van der Waals surface area contributed by atoms with Gasteiger partial charge in [-0.15, -0.1) is 0 Å². The molecule has 1 aliphatic rings. The lowest BCUT2D eigenvalue weighted by atomic mass is 10.8. The highest BCUT2D eigenvalue weighted by Gasteiger charge is 2.11. The van der Waals surface area contributed by atoms with Crippen LogP contribution in [-0.2, 0) is 4.84 Å². The fraction of sp³-hybridized carbons (Fsp3) is 0.250. The second kappa shape index (κ2) is 2.07. The van der Waals surface area contributed by atoms with Gasteiger partial charge in [0.1, 0.15) is 6.34 Å². The molecule has 2 heterocycles. The summed E-state index contributed by atoms with van der Waals surface area (Å²) in [5.41, 5.74) is 0. The highest BCUT2D eigenvalue weighted by Crippen LogP contribution is 2.09. The van der Waals surface area contributed by atoms with Crippen LogP contribution in [0.1, 0.15) is 0 Å². The highest BCUT2D eigenvalue weighted by molar-refractivity contribution is 5.74. The van der Waals surface area contributed by atoms with Gasteiger partial charge in [-0.3, -0.25) is 0 Å². The SMILES string of the molecule is C1=NCON1c1conn1. The average molecular weight is 140 g/mol. The maximum atomic E-state index is 4.95. The van der Waals surface area contributed by atoms with Crippen LogP contribution in [0.4, 0.5) is 5.82 Å². The van der Waals surface area contributed by atoms with Gasteiger partial charge in [-0.25, -0.2) is 9.83 Å². The van der Waals surface area contributed by atoms with Gasteiger partial charge < -0.3 is 4.52 Å². The number of hydrogen-bond acceptors (Lipinski definition) is 6. The van der Waals surface area contributed by atoms with E-state index < -0.39 is 0 Å². The quantitative estimate of drug-likeness (QED) is 0.540. The molecule has 2 rings (SSSR count). The van der Waals surface area contributed by atoms with E-state index in [1.165, 1.54) is 17.7 Å². The predicted molar refractivity (Wildman–Crippen MR) is 31.2 cm³/mol. The van der Waals surface area contributed by atoms with Gasteiger partial charge in [-0.2, -0.15) is 5.06 Å². The van der Waals surface area contributed by atoms with Crippen molar-refractivity contribution in [3.63, 3.8) is 0 Å². The van der Waals surface area contributed by atoms with Crippen molar-refractivity contribution in [1.82, 2.24) is 10.4 Å². The van der Waals surface area contributed by atoms with Crippen molar-refractivity contribution in [1.29, 1.82) is 0 Å². The fourth-order valence-corrected chi connectivity index (χ4v) is 0.617. The van der Waals surface area contributed by atoms with Crippen LogP contribution in [0.25, 0.3) is 0 Å². The van der Waals surface area contributed by atoms with Crippen LogP contribution in [0, 0.1) is 0 Å². The summed E-state index contributed by atoms with van der Waals surface area (Å²) in [5.74, 6) is 0.501. The minimum atomic E-state index is 0.326. The largest absolute Gasteiger partial charge is 0.343 e. The van der Waals surface area contributed by atoms with Crippen molar-refractivity contribution in [2.24, 2.45) is 4.99 Å². The topological polar surface area (TPSA) is 63.8 Å². The smallest absolute Gasteiger partial charge is 0.222 e. The summed E-state index contributed by atoms with van der Waals surface area (Å²) >= 11 is 0. The first kappa shape index (κ1) is 5.36. The fourth-order valence-electron chi connectivity index (χ4n) is 0.617. The van der Waals surface area contributed by atoms with E-state index >= 15 is 0 Å². The molecule has 0 aromatic carbocycles. The number of anilines is 1. The van der Waals surface area contributed by atoms with E-state index in [1.807, 2.05) is 0 Å². The average Bonchev–Trinajstić information content (AvgIpc) is 2.59. The third-order valence-corrected chi connectivity index (χ3v) is 1.03. The van der Waals surface area contributed by atoms with E-state index in [0.717, 1.165) is 0 Å². The Labute approximate surface area is 56.0 Å². The van der Waals surface area contributed by atoms with Crippen LogP contribution in [0.5, 0.6) is 0 Å². The normalized spacial score (nSPS) is 16.6. The minimum Gasteiger partial charge on any atom is -0.343 e. The summed E-state index contributed by atoms with van der Waals surface area (Å²) in [6.45, 7) is 0.326. The molecule has 0 fully saturated rings. The second-order valence-electron chi connectivity index (χ2n) is 1.65. The molecule has 52 valence electrons. The molecular formula is C4H4N4O2. The first-order valence-corrected chi connectivity index (χ1v) is 2.66. The summed E-state index contributed by atoms with van der Waals surface area (Å²) < 4.78 is 4.48. The lowest BCUT2D eigenvalue weighted by Crippen LogP contribution is -2.15. The Morgan fingerprint density at radius 1 is 1.60 bits per heavy atom. The van der Waals surface area contributed by atoms with Gasteiger partial charge in [-0.1, -0.05) is 5.10 Å². The molecule has 0 N–H and O–H groups in total. The van der Waals surface area contributed by atoms with Gasteiger partial charge in [0.2, 0.25) is 5.82 Å². The van der Waals surface area contributed by atoms with E-state index in [0.29, 0.717) is 12.5 Å². The summed E-state index contributed by atoms with van der Waals surface area (Å²) in [6, 6.07) is 0. The van der Waals surface area contributed by atoms with Crippen molar-refractivity contribution >= 4 is 12.2 Å². The number of hydroxylamine groups is 1. The lowest BCUT2D eigenvalue weighted by Gasteiger charge is -2.04. The van der Waals surface area contributed by atoms with Gasteiger partial charge in [0.15, 0.2) is 13.0 Å². The molecule has 1 aliphatic heterocycles. The van der Waals surface area contributed by atoms with Gasteiger partial charge >= 0.3 is 0 Å². The molecule has 0 unspecified atom stereocenters. The van der Waals surface area contributed by atoms with E-state index in [1.54, 1.807) is 0 Å². The van der Waals surface area contributed by atoms with Crippen LogP contribution in [0.15, 0.2) is 15.8 Å². The molecular weight excluding hydrogens is 136 g/mol. The summed E-state index contributed by atoms with van der Waals surface area (Å²) in [5, 5.41) is 8.24. The third-order valence-electron chi connectivity index (χ3n) is 1.03. The number of nitrogens with zero attached hydrogens (tertiary/aromatic N) is 4. The molecule has 0 atom stereocenters. The molecule has 1 aromatic heterocycles. The number of aliphatic imine (C=N–C) groups is 1. The van der Waals surface area contributed by atoms with Crippen molar-refractivity contribution in [3.05, 3.63) is 6.26 Å². The summed E-state index contributed by atoms with van der Waals surface area (Å²) in [7, 11) is 0. The highest BCUT2D eigenvalue weighted by atomic mass is 16.7. The lowest BCUT2D eigenvalue weighted by molar-refractivity contribution is 0.172. The molecule has 0 saturated carbocycles. The number of hydrogen-bond donors (Lipinski definition) is 0. The van der Waals surface area contributed by atoms with Crippen molar-refractivity contribution < 1.29 is 9.36 Å². The van der Waals surface area contributed by atoms with Crippen molar-refractivity contribution in [2.45, 2.75) is 0 Å². The molecule has 0 spiro atoms. The zero-order valence-corrected chi connectivity index (χ0v) is 4.97. The Morgan fingerprint density at radius 3 is 3.20 bits per heavy atom. The maximum Gasteiger partial charge on any atom is 0.222 e. The maximum absolute atomic E-state index is 4.95. The van der Waals surface area contributed by atoms with E-state index in [-0.39, 0.29) is 0 Å². The Hall–Kier alpha value is -1.43. The van der Waals surface area contributed by atoms with Gasteiger partial charge in [0.05, 0.1) is 0 Å². The third kappa shape index (κ3) is 0.742. The van der Waals surface area contributed by atoms with Crippen molar-refractivity contribution in [2.75, 3.05) is 11.8 Å². The Kier molecular flexibility index (Phi) is 1.11. The first-order valence-electron chi connectivity index (χ1n) is 2.66. The number of rotatable bonds is 1. The van der Waals surface area contributed by atoms with E-state index in [4.69, 9.17) is 4.84 Å². The second-order valence-corrected chi connectivity index (χ2v) is 1.65. The Balaban J connectivity index is 2.20. The molecule has 6 nitrogen and oxygen atoms in total. The molecule has 0 bridgehead atoms. The molecule has 6 heteroatoms. The Bertz CT molecular complexity index is 231. The molecule has 0 amide bonds. The monoisotopic (exact) mass is 140 g/mol. The summed E-state index contributed by atoms with van der Waals surface area (Å²) in [6.07, 6.45) is 2.89. The van der Waals surface area contributed by atoms with E-state index in [9.17, 15) is 0 Å². The molecule has 0 aliphatic carbocycles. The molecule has 0 radical (unpaired) electrons. The van der Waals surface area contributed by atoms with Crippen LogP contribution in [-0.4, -0.2) is 23.4 Å². The van der Waals surface area contributed by atoms with Crippen LogP contribution in [0.2, 0.25) is 0 Å². The Morgan fingerprint density at radius 2 is 2.60 bits per heavy atom. The van der Waals surface area contributed by atoms with Gasteiger partial charge in [-0.05, 0) is 0 Å². The summed E-state index contributed by atoms with van der Waals surface area (Å²) in [4.78, 5) is 8.74. The molecule has 0 saturated heterocycles. The van der Waals surface area contributed by atoms with Gasteiger partial charge in [0.25, 0.3) is 0 Å². The zero-order chi connectivity index (χ0) is 6.81. The van der Waals surface area contributed by atoms with Crippen molar-refractivity contribution in [3.8, 4) is 0 Å². The standard InChI is InChI=1S/C4H4N4O2/c1-4(6-7-9-1)8-2-5-3-10-8/h1-2H,3H2. The van der Waals surface area contributed by atoms with E-state index in [2.05, 4.69) is 19.9 Å². The van der Waals surface area contributed by atoms with Crippen LogP contribution in [0.3, 0.4) is 0 Å². The van der Waals surface area contributed by atoms with Gasteiger partial charge in [0, 0.05) is 5.27 Å². The predicted octanol–water partition coefficient (Wildman–Crippen LogP) is -0.193. The molecule has 1 aromatic rings. The van der Waals surface area contributed by atoms with Crippen LogP contribution >= 0.6 is 0 Å². The zero-order valence-electron chi connectivity index (χ0n) is 4.97. The van der Waals surface area contributed by atoms with Crippen LogP contribution < -0.4 is 5.06 Å². The number of aromatic nitrogens is 2. The first-order chi connectivity index (χ1) is 4.97. The molecule has 10 heavy (non-hydrogen) atoms. The minimum absolute atomic E-state index is 0.326.